The predicted octanol–water partition coefficient (Wildman–Crippen LogP) is 1.76. The Morgan fingerprint density at radius 1 is 1.75 bits per heavy atom. The van der Waals surface area contributed by atoms with Gasteiger partial charge in [0, 0.05) is 5.92 Å². The summed E-state index contributed by atoms with van der Waals surface area (Å²) in [7, 11) is 0. The maximum Gasteiger partial charge on any atom is 0.107 e. The number of hydrogen-bond donors (Lipinski definition) is 1. The zero-order valence-corrected chi connectivity index (χ0v) is 5.39. The van der Waals surface area contributed by atoms with Crippen LogP contribution in [0.2, 0.25) is 0 Å². The lowest BCUT2D eigenvalue weighted by molar-refractivity contribution is 0.318. The molecule has 0 rings (SSSR count). The fourth-order valence-corrected chi connectivity index (χ4v) is 0.596. The van der Waals surface area contributed by atoms with Crippen molar-refractivity contribution >= 4 is 6.21 Å². The molecule has 0 aromatic rings. The minimum absolute atomic E-state index is 0.296. The first-order chi connectivity index (χ1) is 3.81. The second kappa shape index (κ2) is 4.62. The van der Waals surface area contributed by atoms with Crippen LogP contribution in [0, 0.1) is 5.92 Å². The quantitative estimate of drug-likeness (QED) is 0.338. The SMILES string of the molecule is CCCC(C)/[C]=N\O. The van der Waals surface area contributed by atoms with E-state index in [-0.39, 0.29) is 0 Å². The van der Waals surface area contributed by atoms with Crippen molar-refractivity contribution in [3.05, 3.63) is 0 Å². The van der Waals surface area contributed by atoms with E-state index in [9.17, 15) is 0 Å². The minimum atomic E-state index is 0.296. The Balaban J connectivity index is 3.17. The lowest BCUT2D eigenvalue weighted by Crippen LogP contribution is -1.93. The van der Waals surface area contributed by atoms with E-state index in [0.29, 0.717) is 5.92 Å². The topological polar surface area (TPSA) is 32.6 Å². The van der Waals surface area contributed by atoms with Gasteiger partial charge in [0.25, 0.3) is 0 Å². The molecule has 0 heterocycles. The third-order valence-electron chi connectivity index (χ3n) is 1.000. The normalized spacial score (nSPS) is 14.8. The van der Waals surface area contributed by atoms with Gasteiger partial charge >= 0.3 is 0 Å². The van der Waals surface area contributed by atoms with E-state index >= 15 is 0 Å². The molecule has 1 N–H and O–H groups in total. The molecule has 0 aromatic heterocycles. The predicted molar refractivity (Wildman–Crippen MR) is 33.3 cm³/mol. The van der Waals surface area contributed by atoms with Crippen LogP contribution in [0.15, 0.2) is 5.16 Å². The highest BCUT2D eigenvalue weighted by atomic mass is 16.4. The van der Waals surface area contributed by atoms with Gasteiger partial charge in [0.2, 0.25) is 0 Å². The van der Waals surface area contributed by atoms with E-state index in [1.54, 1.807) is 0 Å². The molecule has 0 saturated heterocycles. The van der Waals surface area contributed by atoms with Crippen molar-refractivity contribution in [1.82, 2.24) is 0 Å². The summed E-state index contributed by atoms with van der Waals surface area (Å²) in [6.45, 7) is 4.07. The van der Waals surface area contributed by atoms with E-state index in [1.807, 2.05) is 6.92 Å². The second-order valence-corrected chi connectivity index (χ2v) is 1.92. The second-order valence-electron chi connectivity index (χ2n) is 1.92. The lowest BCUT2D eigenvalue weighted by Gasteiger charge is -1.96. The van der Waals surface area contributed by atoms with Crippen molar-refractivity contribution in [2.45, 2.75) is 26.7 Å². The average molecular weight is 114 g/mol. The highest BCUT2D eigenvalue weighted by Crippen LogP contribution is 1.99. The lowest BCUT2D eigenvalue weighted by atomic mass is 10.1. The Morgan fingerprint density at radius 2 is 2.38 bits per heavy atom. The van der Waals surface area contributed by atoms with E-state index in [1.165, 1.54) is 0 Å². The molecule has 0 aliphatic heterocycles. The van der Waals surface area contributed by atoms with Crippen molar-refractivity contribution < 1.29 is 5.21 Å². The fourth-order valence-electron chi connectivity index (χ4n) is 0.596. The molecule has 0 amide bonds. The van der Waals surface area contributed by atoms with Crippen molar-refractivity contribution in [3.8, 4) is 0 Å². The summed E-state index contributed by atoms with van der Waals surface area (Å²) in [6, 6.07) is 0. The van der Waals surface area contributed by atoms with Gasteiger partial charge < -0.3 is 5.21 Å². The Hall–Kier alpha value is -0.530. The standard InChI is InChI=1S/C6H12NO/c1-3-4-6(2)5-7-8/h6,8H,3-4H2,1-2H3. The summed E-state index contributed by atoms with van der Waals surface area (Å²) < 4.78 is 0. The first kappa shape index (κ1) is 7.47. The van der Waals surface area contributed by atoms with Crippen molar-refractivity contribution in [1.29, 1.82) is 0 Å². The van der Waals surface area contributed by atoms with Crippen LogP contribution in [-0.4, -0.2) is 11.4 Å². The third kappa shape index (κ3) is 3.65. The Bertz CT molecular complexity index is 70.9. The number of rotatable bonds is 3. The molecule has 0 fully saturated rings. The van der Waals surface area contributed by atoms with Crippen LogP contribution in [0.3, 0.4) is 0 Å². The molecule has 0 saturated carbocycles. The van der Waals surface area contributed by atoms with E-state index in [2.05, 4.69) is 18.3 Å². The molecule has 0 aromatic carbocycles. The molecule has 0 bridgehead atoms. The van der Waals surface area contributed by atoms with E-state index in [4.69, 9.17) is 5.21 Å². The largest absolute Gasteiger partial charge is 0.411 e. The van der Waals surface area contributed by atoms with Gasteiger partial charge in [-0.15, -0.1) is 0 Å². The van der Waals surface area contributed by atoms with Gasteiger partial charge in [-0.1, -0.05) is 25.4 Å². The highest BCUT2D eigenvalue weighted by Gasteiger charge is 1.94. The first-order valence-electron chi connectivity index (χ1n) is 2.90. The van der Waals surface area contributed by atoms with Crippen LogP contribution in [0.1, 0.15) is 26.7 Å². The molecule has 47 valence electrons. The van der Waals surface area contributed by atoms with Gasteiger partial charge in [-0.05, 0) is 6.42 Å². The summed E-state index contributed by atoms with van der Waals surface area (Å²) in [5, 5.41) is 10.8. The number of hydrogen-bond acceptors (Lipinski definition) is 2. The summed E-state index contributed by atoms with van der Waals surface area (Å²) in [5.74, 6) is 0.296. The molecular weight excluding hydrogens is 102 g/mol. The number of nitrogens with zero attached hydrogens (tertiary/aromatic N) is 1. The molecule has 1 radical (unpaired) electrons. The van der Waals surface area contributed by atoms with Gasteiger partial charge in [0.05, 0.1) is 0 Å². The van der Waals surface area contributed by atoms with Gasteiger partial charge in [-0.2, -0.15) is 0 Å². The van der Waals surface area contributed by atoms with Gasteiger partial charge in [0.15, 0.2) is 0 Å². The molecule has 0 spiro atoms. The Kier molecular flexibility index (Phi) is 4.32. The van der Waals surface area contributed by atoms with Crippen LogP contribution in [-0.2, 0) is 0 Å². The molecule has 0 aliphatic carbocycles. The molecule has 2 nitrogen and oxygen atoms in total. The summed E-state index contributed by atoms with van der Waals surface area (Å²) in [5.41, 5.74) is 0. The third-order valence-corrected chi connectivity index (χ3v) is 1.000. The maximum atomic E-state index is 7.98. The van der Waals surface area contributed by atoms with Gasteiger partial charge in [-0.25, -0.2) is 0 Å². The zero-order valence-electron chi connectivity index (χ0n) is 5.39. The molecule has 8 heavy (non-hydrogen) atoms. The smallest absolute Gasteiger partial charge is 0.107 e. The van der Waals surface area contributed by atoms with E-state index < -0.39 is 0 Å². The van der Waals surface area contributed by atoms with Crippen molar-refractivity contribution in [2.75, 3.05) is 0 Å². The van der Waals surface area contributed by atoms with Crippen LogP contribution >= 0.6 is 0 Å². The summed E-state index contributed by atoms with van der Waals surface area (Å²) in [4.78, 5) is 0. The Morgan fingerprint density at radius 3 is 2.75 bits per heavy atom. The maximum absolute atomic E-state index is 7.98. The molecule has 0 aliphatic rings. The fraction of sp³-hybridized carbons (Fsp3) is 0.833. The van der Waals surface area contributed by atoms with Crippen LogP contribution in [0.25, 0.3) is 0 Å². The molecule has 1 unspecified atom stereocenters. The van der Waals surface area contributed by atoms with Crippen LogP contribution in [0.5, 0.6) is 0 Å². The van der Waals surface area contributed by atoms with Crippen molar-refractivity contribution in [2.24, 2.45) is 11.1 Å². The van der Waals surface area contributed by atoms with Crippen LogP contribution in [0.4, 0.5) is 0 Å². The van der Waals surface area contributed by atoms with Gasteiger partial charge in [-0.3, -0.25) is 0 Å². The van der Waals surface area contributed by atoms with Gasteiger partial charge in [0.1, 0.15) is 6.21 Å². The monoisotopic (exact) mass is 114 g/mol. The zero-order chi connectivity index (χ0) is 6.41. The van der Waals surface area contributed by atoms with E-state index in [0.717, 1.165) is 12.8 Å². The summed E-state index contributed by atoms with van der Waals surface area (Å²) >= 11 is 0. The van der Waals surface area contributed by atoms with Crippen molar-refractivity contribution in [3.63, 3.8) is 0 Å². The Labute approximate surface area is 50.2 Å². The molecular formula is C6H12NO. The molecule has 1 atom stereocenters. The highest BCUT2D eigenvalue weighted by molar-refractivity contribution is 5.58. The first-order valence-corrected chi connectivity index (χ1v) is 2.90. The van der Waals surface area contributed by atoms with Crippen LogP contribution < -0.4 is 0 Å². The summed E-state index contributed by atoms with van der Waals surface area (Å²) in [6.07, 6.45) is 4.69. The molecule has 2 heteroatoms. The minimum Gasteiger partial charge on any atom is -0.411 e. The average Bonchev–Trinajstić information content (AvgIpc) is 1.68.